The van der Waals surface area contributed by atoms with Crippen LogP contribution in [0.2, 0.25) is 0 Å². The van der Waals surface area contributed by atoms with E-state index in [1.54, 1.807) is 0 Å². The molecule has 20 heavy (non-hydrogen) atoms. The van der Waals surface area contributed by atoms with Crippen LogP contribution in [0.25, 0.3) is 0 Å². The van der Waals surface area contributed by atoms with E-state index in [9.17, 15) is 4.79 Å². The third-order valence-electron chi connectivity index (χ3n) is 3.59. The van der Waals surface area contributed by atoms with Crippen LogP contribution in [0.4, 0.5) is 0 Å². The molecule has 1 heterocycles. The van der Waals surface area contributed by atoms with Crippen LogP contribution in [-0.4, -0.2) is 36.5 Å². The van der Waals surface area contributed by atoms with Crippen molar-refractivity contribution in [1.82, 2.24) is 10.2 Å². The zero-order chi connectivity index (χ0) is 14.4. The lowest BCUT2D eigenvalue weighted by atomic mass is 10.1. The highest BCUT2D eigenvalue weighted by atomic mass is 79.9. The first-order chi connectivity index (χ1) is 9.66. The molecule has 5 heteroatoms. The van der Waals surface area contributed by atoms with Gasteiger partial charge in [-0.15, -0.1) is 0 Å². The number of piperidine rings is 1. The van der Waals surface area contributed by atoms with Gasteiger partial charge >= 0.3 is 0 Å². The van der Waals surface area contributed by atoms with Gasteiger partial charge in [0.1, 0.15) is 0 Å². The van der Waals surface area contributed by atoms with E-state index < -0.39 is 6.04 Å². The predicted octanol–water partition coefficient (Wildman–Crippen LogP) is 1.88. The average Bonchev–Trinajstić information content (AvgIpc) is 2.49. The van der Waals surface area contributed by atoms with Crippen molar-refractivity contribution >= 4 is 21.8 Å². The molecule has 0 radical (unpaired) electrons. The van der Waals surface area contributed by atoms with Crippen molar-refractivity contribution in [1.29, 1.82) is 0 Å². The van der Waals surface area contributed by atoms with Gasteiger partial charge < -0.3 is 16.0 Å². The molecule has 1 aliphatic heterocycles. The molecule has 1 aliphatic rings. The second kappa shape index (κ2) is 7.76. The molecule has 1 fully saturated rings. The molecular formula is C15H22BrN3O. The standard InChI is InChI=1S/C15H22BrN3O/c16-13-6-4-12(5-7-13)10-18-11-14(17)15(20)19-8-2-1-3-9-19/h4-7,14,18H,1-3,8-11,17H2. The van der Waals surface area contributed by atoms with Crippen molar-refractivity contribution < 1.29 is 4.79 Å². The second-order valence-electron chi connectivity index (χ2n) is 5.25. The van der Waals surface area contributed by atoms with E-state index in [0.29, 0.717) is 6.54 Å². The van der Waals surface area contributed by atoms with E-state index in [2.05, 4.69) is 33.4 Å². The normalized spacial score (nSPS) is 17.0. The third kappa shape index (κ3) is 4.58. The minimum Gasteiger partial charge on any atom is -0.341 e. The number of hydrogen-bond acceptors (Lipinski definition) is 3. The number of hydrogen-bond donors (Lipinski definition) is 2. The minimum absolute atomic E-state index is 0.0769. The number of nitrogens with one attached hydrogen (secondary N) is 1. The summed E-state index contributed by atoms with van der Waals surface area (Å²) in [5.41, 5.74) is 7.16. The number of amides is 1. The number of halogens is 1. The molecule has 0 saturated carbocycles. The molecule has 0 spiro atoms. The van der Waals surface area contributed by atoms with Crippen LogP contribution in [0.15, 0.2) is 28.7 Å². The summed E-state index contributed by atoms with van der Waals surface area (Å²) in [5, 5.41) is 3.25. The molecule has 3 N–H and O–H groups in total. The third-order valence-corrected chi connectivity index (χ3v) is 4.12. The van der Waals surface area contributed by atoms with Crippen LogP contribution >= 0.6 is 15.9 Å². The van der Waals surface area contributed by atoms with Crippen molar-refractivity contribution in [3.63, 3.8) is 0 Å². The largest absolute Gasteiger partial charge is 0.341 e. The molecule has 2 rings (SSSR count). The molecule has 1 saturated heterocycles. The Kier molecular flexibility index (Phi) is 6.01. The number of carbonyl (C=O) groups is 1. The molecule has 1 aromatic rings. The Labute approximate surface area is 128 Å². The summed E-state index contributed by atoms with van der Waals surface area (Å²) in [6.07, 6.45) is 3.43. The van der Waals surface area contributed by atoms with Crippen LogP contribution in [-0.2, 0) is 11.3 Å². The summed E-state index contributed by atoms with van der Waals surface area (Å²) in [6.45, 7) is 2.97. The van der Waals surface area contributed by atoms with E-state index in [0.717, 1.165) is 36.9 Å². The van der Waals surface area contributed by atoms with Gasteiger partial charge in [-0.2, -0.15) is 0 Å². The maximum Gasteiger partial charge on any atom is 0.240 e. The molecule has 1 unspecified atom stereocenters. The number of nitrogens with zero attached hydrogens (tertiary/aromatic N) is 1. The highest BCUT2D eigenvalue weighted by Crippen LogP contribution is 2.11. The SMILES string of the molecule is NC(CNCc1ccc(Br)cc1)C(=O)N1CCCCC1. The lowest BCUT2D eigenvalue weighted by Crippen LogP contribution is -2.50. The summed E-state index contributed by atoms with van der Waals surface area (Å²) in [6, 6.07) is 7.68. The van der Waals surface area contributed by atoms with Gasteiger partial charge in [-0.1, -0.05) is 28.1 Å². The van der Waals surface area contributed by atoms with Gasteiger partial charge in [0.05, 0.1) is 6.04 Å². The quantitative estimate of drug-likeness (QED) is 0.861. The molecule has 4 nitrogen and oxygen atoms in total. The van der Waals surface area contributed by atoms with E-state index in [1.165, 1.54) is 12.0 Å². The summed E-state index contributed by atoms with van der Waals surface area (Å²) in [5.74, 6) is 0.0769. The number of carbonyl (C=O) groups excluding carboxylic acids is 1. The Bertz CT molecular complexity index is 429. The molecular weight excluding hydrogens is 318 g/mol. The van der Waals surface area contributed by atoms with Gasteiger partial charge in [-0.05, 0) is 37.0 Å². The summed E-state index contributed by atoms with van der Waals surface area (Å²) in [7, 11) is 0. The maximum absolute atomic E-state index is 12.1. The number of likely N-dealkylation sites (tertiary alicyclic amines) is 1. The van der Waals surface area contributed by atoms with E-state index in [-0.39, 0.29) is 5.91 Å². The van der Waals surface area contributed by atoms with Gasteiger partial charge in [0.2, 0.25) is 5.91 Å². The Morgan fingerprint density at radius 2 is 1.90 bits per heavy atom. The van der Waals surface area contributed by atoms with Gasteiger partial charge in [-0.3, -0.25) is 4.79 Å². The fourth-order valence-electron chi connectivity index (χ4n) is 2.41. The summed E-state index contributed by atoms with van der Waals surface area (Å²) < 4.78 is 1.07. The maximum atomic E-state index is 12.1. The van der Waals surface area contributed by atoms with Crippen molar-refractivity contribution in [2.75, 3.05) is 19.6 Å². The smallest absolute Gasteiger partial charge is 0.240 e. The van der Waals surface area contributed by atoms with Crippen LogP contribution in [0.5, 0.6) is 0 Å². The average molecular weight is 340 g/mol. The first-order valence-corrected chi connectivity index (χ1v) is 7.95. The van der Waals surface area contributed by atoms with Gasteiger partial charge in [0.25, 0.3) is 0 Å². The van der Waals surface area contributed by atoms with Crippen LogP contribution in [0.1, 0.15) is 24.8 Å². The Morgan fingerprint density at radius 1 is 1.25 bits per heavy atom. The highest BCUT2D eigenvalue weighted by Gasteiger charge is 2.21. The monoisotopic (exact) mass is 339 g/mol. The van der Waals surface area contributed by atoms with Crippen LogP contribution in [0.3, 0.4) is 0 Å². The van der Waals surface area contributed by atoms with Crippen LogP contribution in [0, 0.1) is 0 Å². The lowest BCUT2D eigenvalue weighted by molar-refractivity contribution is -0.133. The molecule has 0 aliphatic carbocycles. The van der Waals surface area contributed by atoms with Crippen LogP contribution < -0.4 is 11.1 Å². The second-order valence-corrected chi connectivity index (χ2v) is 6.17. The van der Waals surface area contributed by atoms with E-state index in [1.807, 2.05) is 17.0 Å². The lowest BCUT2D eigenvalue weighted by Gasteiger charge is -2.29. The highest BCUT2D eigenvalue weighted by molar-refractivity contribution is 9.10. The summed E-state index contributed by atoms with van der Waals surface area (Å²) >= 11 is 3.41. The Hall–Kier alpha value is -0.910. The Morgan fingerprint density at radius 3 is 2.55 bits per heavy atom. The Balaban J connectivity index is 1.72. The molecule has 110 valence electrons. The van der Waals surface area contributed by atoms with Crippen molar-refractivity contribution in [2.45, 2.75) is 31.8 Å². The van der Waals surface area contributed by atoms with E-state index in [4.69, 9.17) is 5.73 Å². The van der Waals surface area contributed by atoms with Gasteiger partial charge in [0, 0.05) is 30.7 Å². The molecule has 0 aromatic heterocycles. The van der Waals surface area contributed by atoms with Crippen molar-refractivity contribution in [3.8, 4) is 0 Å². The topological polar surface area (TPSA) is 58.4 Å². The first-order valence-electron chi connectivity index (χ1n) is 7.16. The van der Waals surface area contributed by atoms with Gasteiger partial charge in [0.15, 0.2) is 0 Å². The van der Waals surface area contributed by atoms with Gasteiger partial charge in [-0.25, -0.2) is 0 Å². The van der Waals surface area contributed by atoms with Crippen molar-refractivity contribution in [3.05, 3.63) is 34.3 Å². The molecule has 1 amide bonds. The molecule has 0 bridgehead atoms. The fourth-order valence-corrected chi connectivity index (χ4v) is 2.67. The number of nitrogens with two attached hydrogens (primary N) is 1. The predicted molar refractivity (Wildman–Crippen MR) is 84.3 cm³/mol. The number of rotatable bonds is 5. The fraction of sp³-hybridized carbons (Fsp3) is 0.533. The van der Waals surface area contributed by atoms with E-state index >= 15 is 0 Å². The zero-order valence-electron chi connectivity index (χ0n) is 11.6. The molecule has 1 aromatic carbocycles. The minimum atomic E-state index is -0.441. The first kappa shape index (κ1) is 15.5. The van der Waals surface area contributed by atoms with Crippen molar-refractivity contribution in [2.24, 2.45) is 5.73 Å². The molecule has 1 atom stereocenters. The summed E-state index contributed by atoms with van der Waals surface area (Å²) in [4.78, 5) is 14.0. The zero-order valence-corrected chi connectivity index (χ0v) is 13.2. The number of benzene rings is 1.